The zero-order chi connectivity index (χ0) is 10.4. The van der Waals surface area contributed by atoms with Crippen LogP contribution in [0.3, 0.4) is 0 Å². The van der Waals surface area contributed by atoms with Crippen LogP contribution >= 0.6 is 0 Å². The van der Waals surface area contributed by atoms with Gasteiger partial charge in [-0.3, -0.25) is 4.99 Å². The maximum Gasteiger partial charge on any atom is 0.190 e. The molecule has 0 unspecified atom stereocenters. The van der Waals surface area contributed by atoms with E-state index in [4.69, 9.17) is 15.6 Å². The first-order chi connectivity index (χ1) is 6.77. The number of rotatable bonds is 3. The van der Waals surface area contributed by atoms with Crippen LogP contribution in [0.5, 0.6) is 0 Å². The number of hydrogen-bond acceptors (Lipinski definition) is 3. The topological polar surface area (TPSA) is 71.1 Å². The third-order valence-electron chi connectivity index (χ3n) is 2.44. The van der Waals surface area contributed by atoms with E-state index in [1.807, 2.05) is 0 Å². The molecule has 14 heavy (non-hydrogen) atoms. The van der Waals surface area contributed by atoms with Crippen LogP contribution in [-0.4, -0.2) is 55.4 Å². The molecule has 0 saturated carbocycles. The number of likely N-dealkylation sites (tertiary alicyclic amines) is 1. The van der Waals surface area contributed by atoms with Gasteiger partial charge in [-0.1, -0.05) is 0 Å². The van der Waals surface area contributed by atoms with Crippen molar-refractivity contribution in [1.29, 1.82) is 0 Å². The van der Waals surface area contributed by atoms with Crippen LogP contribution in [0, 0.1) is 0 Å². The number of hydrogen-bond donors (Lipinski definition) is 2. The van der Waals surface area contributed by atoms with E-state index in [0.717, 1.165) is 25.9 Å². The number of aliphatic hydroxyl groups excluding tert-OH is 1. The minimum atomic E-state index is 0.0960. The fourth-order valence-corrected chi connectivity index (χ4v) is 1.61. The Morgan fingerprint density at radius 1 is 1.57 bits per heavy atom. The predicted octanol–water partition coefficient (Wildman–Crippen LogP) is -0.596. The summed E-state index contributed by atoms with van der Waals surface area (Å²) in [6.07, 6.45) is 2.18. The Kier molecular flexibility index (Phi) is 4.69. The molecule has 0 aliphatic carbocycles. The number of aliphatic hydroxyl groups is 1. The molecule has 0 aromatic rings. The minimum absolute atomic E-state index is 0.0960. The summed E-state index contributed by atoms with van der Waals surface area (Å²) in [4.78, 5) is 5.99. The summed E-state index contributed by atoms with van der Waals surface area (Å²) in [6, 6.07) is 0. The molecule has 82 valence electrons. The van der Waals surface area contributed by atoms with Crippen molar-refractivity contribution in [3.8, 4) is 0 Å². The first-order valence-electron chi connectivity index (χ1n) is 4.97. The Bertz CT molecular complexity index is 188. The molecule has 5 heteroatoms. The van der Waals surface area contributed by atoms with E-state index < -0.39 is 0 Å². The van der Waals surface area contributed by atoms with Crippen LogP contribution in [0.15, 0.2) is 4.99 Å². The summed E-state index contributed by atoms with van der Waals surface area (Å²) < 4.78 is 5.44. The van der Waals surface area contributed by atoms with Crippen LogP contribution in [0.1, 0.15) is 12.8 Å². The van der Waals surface area contributed by atoms with Gasteiger partial charge < -0.3 is 20.5 Å². The summed E-state index contributed by atoms with van der Waals surface area (Å²) in [5.74, 6) is 0.602. The molecule has 0 amide bonds. The van der Waals surface area contributed by atoms with Crippen molar-refractivity contribution in [2.45, 2.75) is 18.9 Å². The van der Waals surface area contributed by atoms with Gasteiger partial charge >= 0.3 is 0 Å². The maximum atomic E-state index is 8.60. The Balaban J connectivity index is 2.24. The second-order valence-electron chi connectivity index (χ2n) is 3.36. The molecular formula is C9H19N3O2. The molecule has 1 aliphatic rings. The molecule has 0 atom stereocenters. The van der Waals surface area contributed by atoms with Crippen molar-refractivity contribution in [2.24, 2.45) is 10.7 Å². The third kappa shape index (κ3) is 3.16. The van der Waals surface area contributed by atoms with Gasteiger partial charge in [-0.05, 0) is 12.8 Å². The first kappa shape index (κ1) is 11.3. The minimum Gasteiger partial charge on any atom is -0.394 e. The van der Waals surface area contributed by atoms with E-state index in [9.17, 15) is 0 Å². The number of nitrogens with zero attached hydrogens (tertiary/aromatic N) is 2. The predicted molar refractivity (Wildman–Crippen MR) is 55.2 cm³/mol. The SMILES string of the molecule is CN=C(N)N1CCC(OCCO)CC1. The number of piperidine rings is 1. The standard InChI is InChI=1S/C9H19N3O2/c1-11-9(10)12-4-2-8(3-5-12)14-7-6-13/h8,13H,2-7H2,1H3,(H2,10,11). The lowest BCUT2D eigenvalue weighted by Crippen LogP contribution is -2.44. The highest BCUT2D eigenvalue weighted by atomic mass is 16.5. The Morgan fingerprint density at radius 3 is 2.71 bits per heavy atom. The molecule has 0 spiro atoms. The van der Waals surface area contributed by atoms with Gasteiger partial charge in [0.15, 0.2) is 5.96 Å². The zero-order valence-electron chi connectivity index (χ0n) is 8.65. The average Bonchev–Trinajstić information content (AvgIpc) is 2.26. The van der Waals surface area contributed by atoms with Gasteiger partial charge in [0, 0.05) is 20.1 Å². The van der Waals surface area contributed by atoms with E-state index in [0.29, 0.717) is 12.6 Å². The highest BCUT2D eigenvalue weighted by molar-refractivity contribution is 5.77. The lowest BCUT2D eigenvalue weighted by Gasteiger charge is -2.32. The van der Waals surface area contributed by atoms with Gasteiger partial charge in [-0.2, -0.15) is 0 Å². The van der Waals surface area contributed by atoms with Crippen LogP contribution in [-0.2, 0) is 4.74 Å². The van der Waals surface area contributed by atoms with Crippen LogP contribution in [0.25, 0.3) is 0 Å². The second kappa shape index (κ2) is 5.82. The van der Waals surface area contributed by atoms with Gasteiger partial charge in [0.2, 0.25) is 0 Å². The third-order valence-corrected chi connectivity index (χ3v) is 2.44. The molecule has 5 nitrogen and oxygen atoms in total. The van der Waals surface area contributed by atoms with E-state index in [1.165, 1.54) is 0 Å². The van der Waals surface area contributed by atoms with E-state index >= 15 is 0 Å². The van der Waals surface area contributed by atoms with E-state index in [2.05, 4.69) is 9.89 Å². The van der Waals surface area contributed by atoms with Crippen molar-refractivity contribution in [3.63, 3.8) is 0 Å². The van der Waals surface area contributed by atoms with Crippen molar-refractivity contribution in [2.75, 3.05) is 33.4 Å². The lowest BCUT2D eigenvalue weighted by atomic mass is 10.1. The Labute approximate surface area is 84.6 Å². The smallest absolute Gasteiger partial charge is 0.190 e. The van der Waals surface area contributed by atoms with Gasteiger partial charge in [0.1, 0.15) is 0 Å². The van der Waals surface area contributed by atoms with Crippen LogP contribution in [0.4, 0.5) is 0 Å². The first-order valence-corrected chi connectivity index (χ1v) is 4.97. The monoisotopic (exact) mass is 201 g/mol. The summed E-state index contributed by atoms with van der Waals surface area (Å²) in [6.45, 7) is 2.30. The number of nitrogens with two attached hydrogens (primary N) is 1. The molecule has 0 bridgehead atoms. The molecule has 3 N–H and O–H groups in total. The number of ether oxygens (including phenoxy) is 1. The van der Waals surface area contributed by atoms with Gasteiger partial charge in [0.05, 0.1) is 19.3 Å². The van der Waals surface area contributed by atoms with Gasteiger partial charge in [-0.15, -0.1) is 0 Å². The van der Waals surface area contributed by atoms with Gasteiger partial charge in [0.25, 0.3) is 0 Å². The molecule has 0 aromatic heterocycles. The van der Waals surface area contributed by atoms with Crippen molar-refractivity contribution < 1.29 is 9.84 Å². The summed E-state index contributed by atoms with van der Waals surface area (Å²) >= 11 is 0. The van der Waals surface area contributed by atoms with Gasteiger partial charge in [-0.25, -0.2) is 0 Å². The average molecular weight is 201 g/mol. The highest BCUT2D eigenvalue weighted by Gasteiger charge is 2.20. The molecule has 1 heterocycles. The molecule has 1 aliphatic heterocycles. The second-order valence-corrected chi connectivity index (χ2v) is 3.36. The molecule has 0 radical (unpaired) electrons. The summed E-state index contributed by atoms with van der Waals surface area (Å²) in [7, 11) is 1.70. The summed E-state index contributed by atoms with van der Waals surface area (Å²) in [5, 5.41) is 8.60. The number of aliphatic imine (C=N–C) groups is 1. The maximum absolute atomic E-state index is 8.60. The highest BCUT2D eigenvalue weighted by Crippen LogP contribution is 2.12. The summed E-state index contributed by atoms with van der Waals surface area (Å²) in [5.41, 5.74) is 5.69. The van der Waals surface area contributed by atoms with E-state index in [1.54, 1.807) is 7.05 Å². The quantitative estimate of drug-likeness (QED) is 0.472. The largest absolute Gasteiger partial charge is 0.394 e. The molecule has 0 aromatic carbocycles. The normalized spacial score (nSPS) is 20.1. The molecule has 1 fully saturated rings. The van der Waals surface area contributed by atoms with Crippen molar-refractivity contribution in [3.05, 3.63) is 0 Å². The molecule has 1 rings (SSSR count). The van der Waals surface area contributed by atoms with E-state index in [-0.39, 0.29) is 12.7 Å². The fraction of sp³-hybridized carbons (Fsp3) is 0.889. The van der Waals surface area contributed by atoms with Crippen LogP contribution in [0.2, 0.25) is 0 Å². The molecule has 1 saturated heterocycles. The van der Waals surface area contributed by atoms with Crippen LogP contribution < -0.4 is 5.73 Å². The lowest BCUT2D eigenvalue weighted by molar-refractivity contribution is 0.00148. The molecular weight excluding hydrogens is 182 g/mol. The van der Waals surface area contributed by atoms with Crippen molar-refractivity contribution >= 4 is 5.96 Å². The fourth-order valence-electron chi connectivity index (χ4n) is 1.61. The Hall–Kier alpha value is -0.810. The number of guanidine groups is 1. The van der Waals surface area contributed by atoms with Crippen molar-refractivity contribution in [1.82, 2.24) is 4.90 Å². The Morgan fingerprint density at radius 2 is 2.21 bits per heavy atom. The zero-order valence-corrected chi connectivity index (χ0v) is 8.65.